The smallest absolute Gasteiger partial charge is 0.159 e. The third-order valence-electron chi connectivity index (χ3n) is 6.11. The molecule has 4 aromatic rings. The number of aromatic amines is 1. The maximum absolute atomic E-state index is 4.40. The molecular weight excluding hydrogens is 388 g/mol. The lowest BCUT2D eigenvalue weighted by atomic mass is 9.98. The highest BCUT2D eigenvalue weighted by Crippen LogP contribution is 2.33. The van der Waals surface area contributed by atoms with E-state index in [0.29, 0.717) is 6.04 Å². The molecule has 2 aromatic carbocycles. The Kier molecular flexibility index (Phi) is 5.65. The zero-order valence-electron chi connectivity index (χ0n) is 17.4. The monoisotopic (exact) mass is 417 g/mol. The molecule has 4 nitrogen and oxygen atoms in total. The van der Waals surface area contributed by atoms with E-state index < -0.39 is 0 Å². The van der Waals surface area contributed by atoms with Gasteiger partial charge in [0.05, 0.1) is 0 Å². The van der Waals surface area contributed by atoms with Crippen molar-refractivity contribution in [3.05, 3.63) is 61.1 Å². The second-order valence-electron chi connectivity index (χ2n) is 8.12. The van der Waals surface area contributed by atoms with Crippen molar-refractivity contribution in [1.29, 1.82) is 0 Å². The number of anilines is 1. The van der Waals surface area contributed by atoms with Gasteiger partial charge in [-0.15, -0.1) is 0 Å². The summed E-state index contributed by atoms with van der Waals surface area (Å²) >= 11 is 1.54. The Bertz CT molecular complexity index is 1140. The molecule has 5 heteroatoms. The van der Waals surface area contributed by atoms with Gasteiger partial charge in [-0.1, -0.05) is 6.07 Å². The number of H-pyrrole nitrogens is 1. The Morgan fingerprint density at radius 3 is 2.80 bits per heavy atom. The molecule has 1 aliphatic rings. The van der Waals surface area contributed by atoms with Crippen LogP contribution in [0.25, 0.3) is 32.8 Å². The van der Waals surface area contributed by atoms with Crippen LogP contribution in [0.2, 0.25) is 0 Å². The van der Waals surface area contributed by atoms with Crippen LogP contribution in [0, 0.1) is 0 Å². The van der Waals surface area contributed by atoms with Crippen molar-refractivity contribution in [2.45, 2.75) is 25.8 Å². The molecule has 0 aliphatic carbocycles. The molecule has 30 heavy (non-hydrogen) atoms. The Hall–Kier alpha value is -2.50. The number of nitrogens with one attached hydrogen (secondary N) is 2. The molecule has 0 unspecified atom stereocenters. The summed E-state index contributed by atoms with van der Waals surface area (Å²) in [5.41, 5.74) is 4.88. The van der Waals surface area contributed by atoms with Gasteiger partial charge in [0.2, 0.25) is 0 Å². The van der Waals surface area contributed by atoms with Gasteiger partial charge in [0.15, 0.2) is 5.88 Å². The Morgan fingerprint density at radius 2 is 1.93 bits per heavy atom. The number of rotatable bonds is 6. The summed E-state index contributed by atoms with van der Waals surface area (Å²) in [5.74, 6) is 2.46. The molecule has 1 aliphatic heterocycles. The van der Waals surface area contributed by atoms with Gasteiger partial charge in [0, 0.05) is 54.3 Å². The van der Waals surface area contributed by atoms with E-state index in [1.165, 1.54) is 76.1 Å². The summed E-state index contributed by atoms with van der Waals surface area (Å²) in [5, 5.41) is 7.55. The summed E-state index contributed by atoms with van der Waals surface area (Å²) in [6.07, 6.45) is 8.27. The summed E-state index contributed by atoms with van der Waals surface area (Å²) in [6.45, 7) is 4.63. The van der Waals surface area contributed by atoms with E-state index in [1.54, 1.807) is 11.8 Å². The van der Waals surface area contributed by atoms with Gasteiger partial charge in [-0.25, -0.2) is 0 Å². The number of benzene rings is 2. The minimum atomic E-state index is 0.519. The molecule has 3 heterocycles. The highest BCUT2D eigenvalue weighted by atomic mass is 32.2. The number of fused-ring (bicyclic) bond motifs is 2. The molecule has 0 amide bonds. The lowest BCUT2D eigenvalue weighted by Gasteiger charge is -2.31. The second-order valence-corrected chi connectivity index (χ2v) is 9.48. The van der Waals surface area contributed by atoms with E-state index in [4.69, 9.17) is 0 Å². The first kappa shape index (κ1) is 19.5. The quantitative estimate of drug-likeness (QED) is 0.341. The van der Waals surface area contributed by atoms with Gasteiger partial charge in [-0.05, 0) is 89.8 Å². The second kappa shape index (κ2) is 8.70. The van der Waals surface area contributed by atoms with E-state index in [2.05, 4.69) is 69.6 Å². The van der Waals surface area contributed by atoms with Gasteiger partial charge in [0.25, 0.3) is 0 Å². The number of aromatic nitrogens is 2. The maximum atomic E-state index is 4.40. The summed E-state index contributed by atoms with van der Waals surface area (Å²) < 4.78 is 0. The number of piperidine rings is 1. The van der Waals surface area contributed by atoms with Gasteiger partial charge in [-0.3, -0.25) is 9.88 Å². The fourth-order valence-electron chi connectivity index (χ4n) is 4.40. The van der Waals surface area contributed by atoms with Crippen molar-refractivity contribution in [3.63, 3.8) is 0 Å². The van der Waals surface area contributed by atoms with Crippen LogP contribution >= 0.6 is 0 Å². The SMILES string of the molecule is CC[SH+]CN1CCC(Nc2cc(-c3ccc4[nH]ccc4c3)cc3ccncc23)CC1. The van der Waals surface area contributed by atoms with E-state index in [9.17, 15) is 0 Å². The van der Waals surface area contributed by atoms with Crippen LogP contribution in [-0.4, -0.2) is 45.6 Å². The van der Waals surface area contributed by atoms with Crippen molar-refractivity contribution >= 4 is 39.1 Å². The number of pyridine rings is 1. The topological polar surface area (TPSA) is 44.0 Å². The standard InChI is InChI=1S/C25H28N4S/c1-2-30-17-29-11-7-22(8-12-29)28-25-15-21(14-19-5-9-26-16-23(19)25)18-3-4-24-20(13-18)6-10-27-24/h3-6,9-10,13-16,22,27-28H,2,7-8,11-12,17H2,1H3/p+1. The molecule has 0 spiro atoms. The van der Waals surface area contributed by atoms with Crippen LogP contribution in [0.15, 0.2) is 61.1 Å². The van der Waals surface area contributed by atoms with Crippen LogP contribution in [0.5, 0.6) is 0 Å². The highest BCUT2D eigenvalue weighted by molar-refractivity contribution is 7.78. The van der Waals surface area contributed by atoms with Crippen molar-refractivity contribution in [1.82, 2.24) is 14.9 Å². The number of hydrogen-bond donors (Lipinski definition) is 2. The predicted molar refractivity (Wildman–Crippen MR) is 131 cm³/mol. The number of nitrogens with zero attached hydrogens (tertiary/aromatic N) is 2. The van der Waals surface area contributed by atoms with Crippen molar-refractivity contribution in [2.24, 2.45) is 0 Å². The average Bonchev–Trinajstić information content (AvgIpc) is 3.26. The summed E-state index contributed by atoms with van der Waals surface area (Å²) in [4.78, 5) is 10.3. The van der Waals surface area contributed by atoms with Crippen molar-refractivity contribution < 1.29 is 0 Å². The third kappa shape index (κ3) is 4.05. The molecule has 1 fully saturated rings. The van der Waals surface area contributed by atoms with E-state index >= 15 is 0 Å². The number of thiol groups is 1. The maximum Gasteiger partial charge on any atom is 0.159 e. The lowest BCUT2D eigenvalue weighted by molar-refractivity contribution is 0.253. The molecule has 0 saturated carbocycles. The van der Waals surface area contributed by atoms with Crippen LogP contribution in [0.4, 0.5) is 5.69 Å². The first-order valence-electron chi connectivity index (χ1n) is 10.9. The Labute approximate surface area is 182 Å². The zero-order valence-corrected chi connectivity index (χ0v) is 18.3. The van der Waals surface area contributed by atoms with Gasteiger partial charge in [0.1, 0.15) is 5.75 Å². The van der Waals surface area contributed by atoms with Gasteiger partial charge < -0.3 is 10.3 Å². The summed E-state index contributed by atoms with van der Waals surface area (Å²) in [7, 11) is 0. The fourth-order valence-corrected chi connectivity index (χ4v) is 5.16. The van der Waals surface area contributed by atoms with Crippen molar-refractivity contribution in [3.8, 4) is 11.1 Å². The molecule has 0 atom stereocenters. The van der Waals surface area contributed by atoms with E-state index in [0.717, 1.165) is 0 Å². The first-order chi connectivity index (χ1) is 14.8. The molecular formula is C25H29N4S+. The third-order valence-corrected chi connectivity index (χ3v) is 7.16. The molecule has 0 radical (unpaired) electrons. The Balaban J connectivity index is 1.43. The van der Waals surface area contributed by atoms with Crippen molar-refractivity contribution in [2.75, 3.05) is 30.0 Å². The highest BCUT2D eigenvalue weighted by Gasteiger charge is 2.21. The normalized spacial score (nSPS) is 15.8. The lowest BCUT2D eigenvalue weighted by Crippen LogP contribution is -2.40. The zero-order chi connectivity index (χ0) is 20.3. The minimum Gasteiger partial charge on any atom is -0.382 e. The van der Waals surface area contributed by atoms with Crippen LogP contribution in [0.1, 0.15) is 19.8 Å². The molecule has 2 N–H and O–H groups in total. The Morgan fingerprint density at radius 1 is 1.07 bits per heavy atom. The largest absolute Gasteiger partial charge is 0.382 e. The number of likely N-dealkylation sites (tertiary alicyclic amines) is 1. The minimum absolute atomic E-state index is 0.519. The molecule has 2 aromatic heterocycles. The van der Waals surface area contributed by atoms with Crippen LogP contribution in [0.3, 0.4) is 0 Å². The number of hydrogen-bond acceptors (Lipinski definition) is 3. The summed E-state index contributed by atoms with van der Waals surface area (Å²) in [6, 6.07) is 16.0. The van der Waals surface area contributed by atoms with Gasteiger partial charge in [-0.2, -0.15) is 0 Å². The first-order valence-corrected chi connectivity index (χ1v) is 12.1. The van der Waals surface area contributed by atoms with Crippen LogP contribution < -0.4 is 5.32 Å². The molecule has 154 valence electrons. The van der Waals surface area contributed by atoms with Crippen LogP contribution in [-0.2, 0) is 11.8 Å². The fraction of sp³-hybridized carbons (Fsp3) is 0.320. The average molecular weight is 418 g/mol. The molecule has 0 bridgehead atoms. The molecule has 1 saturated heterocycles. The molecule has 5 rings (SSSR count). The van der Waals surface area contributed by atoms with E-state index in [1.807, 2.05) is 18.6 Å². The van der Waals surface area contributed by atoms with E-state index in [-0.39, 0.29) is 0 Å². The van der Waals surface area contributed by atoms with Gasteiger partial charge >= 0.3 is 0 Å². The predicted octanol–water partition coefficient (Wildman–Crippen LogP) is 5.05.